The van der Waals surface area contributed by atoms with Gasteiger partial charge in [-0.15, -0.1) is 0 Å². The zero-order chi connectivity index (χ0) is 13.1. The highest BCUT2D eigenvalue weighted by molar-refractivity contribution is 5.94. The molecule has 0 saturated carbocycles. The molecule has 1 saturated heterocycles. The van der Waals surface area contributed by atoms with E-state index in [9.17, 15) is 13.6 Å². The molecular weight excluding hydrogens is 242 g/mol. The molecule has 0 bridgehead atoms. The molecule has 1 aromatic rings. The van der Waals surface area contributed by atoms with Crippen LogP contribution in [0.3, 0.4) is 0 Å². The molecule has 1 aliphatic rings. The lowest BCUT2D eigenvalue weighted by Gasteiger charge is -2.18. The maximum atomic E-state index is 13.0. The van der Waals surface area contributed by atoms with Gasteiger partial charge in [0.25, 0.3) is 5.91 Å². The largest absolute Gasteiger partial charge is 0.378 e. The number of nitrogens with one attached hydrogen (secondary N) is 2. The van der Waals surface area contributed by atoms with E-state index in [0.717, 1.165) is 12.1 Å². The molecule has 1 fully saturated rings. The van der Waals surface area contributed by atoms with Gasteiger partial charge in [0.05, 0.1) is 12.1 Å². The van der Waals surface area contributed by atoms with Crippen molar-refractivity contribution in [2.75, 3.05) is 20.2 Å². The maximum Gasteiger partial charge on any atom is 0.251 e. The van der Waals surface area contributed by atoms with Crippen molar-refractivity contribution < 1.29 is 18.3 Å². The van der Waals surface area contributed by atoms with E-state index in [-0.39, 0.29) is 17.7 Å². The molecule has 2 rings (SSSR count). The van der Waals surface area contributed by atoms with Crippen LogP contribution in [0, 0.1) is 11.6 Å². The molecule has 0 spiro atoms. The van der Waals surface area contributed by atoms with Gasteiger partial charge in [-0.2, -0.15) is 0 Å². The Kier molecular flexibility index (Phi) is 3.88. The monoisotopic (exact) mass is 256 g/mol. The van der Waals surface area contributed by atoms with Crippen LogP contribution < -0.4 is 10.6 Å². The summed E-state index contributed by atoms with van der Waals surface area (Å²) in [7, 11) is 1.56. The molecule has 4 nitrogen and oxygen atoms in total. The summed E-state index contributed by atoms with van der Waals surface area (Å²) < 4.78 is 30.9. The second-order valence-corrected chi connectivity index (χ2v) is 4.14. The number of hydrogen-bond acceptors (Lipinski definition) is 3. The third kappa shape index (κ3) is 2.65. The lowest BCUT2D eigenvalue weighted by Crippen LogP contribution is -2.43. The van der Waals surface area contributed by atoms with Gasteiger partial charge in [-0.1, -0.05) is 0 Å². The Hall–Kier alpha value is -1.53. The zero-order valence-corrected chi connectivity index (χ0v) is 9.87. The Morgan fingerprint density at radius 2 is 2.17 bits per heavy atom. The van der Waals surface area contributed by atoms with E-state index in [1.807, 2.05) is 0 Å². The van der Waals surface area contributed by atoms with E-state index >= 15 is 0 Å². The lowest BCUT2D eigenvalue weighted by molar-refractivity contribution is 0.0779. The molecule has 6 heteroatoms. The van der Waals surface area contributed by atoms with Crippen molar-refractivity contribution in [3.05, 3.63) is 35.4 Å². The number of hydrogen-bond donors (Lipinski definition) is 2. The Bertz CT molecular complexity index is 454. The molecule has 98 valence electrons. The summed E-state index contributed by atoms with van der Waals surface area (Å²) in [4.78, 5) is 11.8. The third-order valence-electron chi connectivity index (χ3n) is 2.96. The summed E-state index contributed by atoms with van der Waals surface area (Å²) in [6.07, 6.45) is -0.112. The highest BCUT2D eigenvalue weighted by atomic mass is 19.2. The molecule has 0 aromatic heterocycles. The molecule has 0 radical (unpaired) electrons. The molecule has 1 aliphatic heterocycles. The minimum absolute atomic E-state index is 0.0932. The average Bonchev–Trinajstić information content (AvgIpc) is 2.79. The summed E-state index contributed by atoms with van der Waals surface area (Å²) in [6, 6.07) is 2.90. The van der Waals surface area contributed by atoms with Gasteiger partial charge in [0.15, 0.2) is 11.6 Å². The molecule has 0 aliphatic carbocycles. The number of halogens is 2. The van der Waals surface area contributed by atoms with E-state index < -0.39 is 17.5 Å². The summed E-state index contributed by atoms with van der Waals surface area (Å²) in [5, 5.41) is 5.80. The van der Waals surface area contributed by atoms with E-state index in [1.54, 1.807) is 7.11 Å². The van der Waals surface area contributed by atoms with Gasteiger partial charge in [0.1, 0.15) is 0 Å². The van der Waals surface area contributed by atoms with E-state index in [0.29, 0.717) is 13.1 Å². The van der Waals surface area contributed by atoms with Crippen molar-refractivity contribution in [1.82, 2.24) is 10.6 Å². The summed E-state index contributed by atoms with van der Waals surface area (Å²) >= 11 is 0. The van der Waals surface area contributed by atoms with Gasteiger partial charge < -0.3 is 15.4 Å². The van der Waals surface area contributed by atoms with Crippen LogP contribution in [0.25, 0.3) is 0 Å². The fourth-order valence-electron chi connectivity index (χ4n) is 1.94. The van der Waals surface area contributed by atoms with Gasteiger partial charge in [0, 0.05) is 25.8 Å². The lowest BCUT2D eigenvalue weighted by atomic mass is 10.1. The molecular formula is C12H14F2N2O2. The van der Waals surface area contributed by atoms with Crippen molar-refractivity contribution in [2.24, 2.45) is 0 Å². The topological polar surface area (TPSA) is 50.4 Å². The number of carbonyl (C=O) groups is 1. The molecule has 18 heavy (non-hydrogen) atoms. The van der Waals surface area contributed by atoms with Gasteiger partial charge >= 0.3 is 0 Å². The van der Waals surface area contributed by atoms with Crippen LogP contribution in [0.4, 0.5) is 8.78 Å². The van der Waals surface area contributed by atoms with Crippen LogP contribution in [0.1, 0.15) is 10.4 Å². The molecule has 1 aromatic carbocycles. The Labute approximate surface area is 103 Å². The Balaban J connectivity index is 2.05. The first-order chi connectivity index (χ1) is 8.61. The number of carbonyl (C=O) groups excluding carboxylic acids is 1. The predicted octanol–water partition coefficient (Wildman–Crippen LogP) is 0.681. The minimum atomic E-state index is -1.03. The first-order valence-electron chi connectivity index (χ1n) is 5.61. The number of benzene rings is 1. The van der Waals surface area contributed by atoms with Gasteiger partial charge in [-0.3, -0.25) is 4.79 Å². The number of methoxy groups -OCH3 is 1. The Morgan fingerprint density at radius 1 is 1.39 bits per heavy atom. The fourth-order valence-corrected chi connectivity index (χ4v) is 1.94. The minimum Gasteiger partial charge on any atom is -0.378 e. The van der Waals surface area contributed by atoms with Crippen LogP contribution in [0.15, 0.2) is 18.2 Å². The second-order valence-electron chi connectivity index (χ2n) is 4.14. The SMILES string of the molecule is CO[C@@H]1CNCC1NC(=O)c1ccc(F)c(F)c1. The first-order valence-corrected chi connectivity index (χ1v) is 5.61. The van der Waals surface area contributed by atoms with Gasteiger partial charge in [-0.05, 0) is 18.2 Å². The highest BCUT2D eigenvalue weighted by Gasteiger charge is 2.28. The smallest absolute Gasteiger partial charge is 0.251 e. The van der Waals surface area contributed by atoms with Crippen LogP contribution in [0.5, 0.6) is 0 Å². The van der Waals surface area contributed by atoms with Crippen molar-refractivity contribution in [3.8, 4) is 0 Å². The standard InChI is InChI=1S/C12H14F2N2O2/c1-18-11-6-15-5-10(11)16-12(17)7-2-3-8(13)9(14)4-7/h2-4,10-11,15H,5-6H2,1H3,(H,16,17)/t10?,11-/m1/s1. The number of ether oxygens (including phenoxy) is 1. The van der Waals surface area contributed by atoms with Crippen LogP contribution in [-0.4, -0.2) is 38.3 Å². The van der Waals surface area contributed by atoms with E-state index in [1.165, 1.54) is 6.07 Å². The molecule has 2 atom stereocenters. The normalized spacial score (nSPS) is 23.1. The fraction of sp³-hybridized carbons (Fsp3) is 0.417. The van der Waals surface area contributed by atoms with Crippen LogP contribution >= 0.6 is 0 Å². The summed E-state index contributed by atoms with van der Waals surface area (Å²) in [6.45, 7) is 1.24. The molecule has 1 amide bonds. The van der Waals surface area contributed by atoms with Crippen molar-refractivity contribution in [2.45, 2.75) is 12.1 Å². The molecule has 1 unspecified atom stereocenters. The quantitative estimate of drug-likeness (QED) is 0.836. The van der Waals surface area contributed by atoms with E-state index in [2.05, 4.69) is 10.6 Å². The molecule has 1 heterocycles. The average molecular weight is 256 g/mol. The number of amides is 1. The van der Waals surface area contributed by atoms with E-state index in [4.69, 9.17) is 4.74 Å². The maximum absolute atomic E-state index is 13.0. The van der Waals surface area contributed by atoms with Crippen LogP contribution in [0.2, 0.25) is 0 Å². The number of rotatable bonds is 3. The van der Waals surface area contributed by atoms with Crippen molar-refractivity contribution in [3.63, 3.8) is 0 Å². The highest BCUT2D eigenvalue weighted by Crippen LogP contribution is 2.10. The first kappa shape index (κ1) is 12.9. The Morgan fingerprint density at radius 3 is 2.83 bits per heavy atom. The van der Waals surface area contributed by atoms with Gasteiger partial charge in [-0.25, -0.2) is 8.78 Å². The molecule has 2 N–H and O–H groups in total. The van der Waals surface area contributed by atoms with Crippen LogP contribution in [-0.2, 0) is 4.74 Å². The summed E-state index contributed by atoms with van der Waals surface area (Å²) in [5.74, 6) is -2.44. The summed E-state index contributed by atoms with van der Waals surface area (Å²) in [5.41, 5.74) is 0.0932. The van der Waals surface area contributed by atoms with Gasteiger partial charge in [0.2, 0.25) is 0 Å². The second kappa shape index (κ2) is 5.41. The predicted molar refractivity (Wildman–Crippen MR) is 61.3 cm³/mol. The zero-order valence-electron chi connectivity index (χ0n) is 9.87. The third-order valence-corrected chi connectivity index (χ3v) is 2.96. The van der Waals surface area contributed by atoms with Crippen molar-refractivity contribution in [1.29, 1.82) is 0 Å². The van der Waals surface area contributed by atoms with Crippen molar-refractivity contribution >= 4 is 5.91 Å².